The van der Waals surface area contributed by atoms with Gasteiger partial charge in [0.15, 0.2) is 0 Å². The van der Waals surface area contributed by atoms with Gasteiger partial charge in [0.2, 0.25) is 0 Å². The van der Waals surface area contributed by atoms with E-state index in [0.717, 1.165) is 11.1 Å². The van der Waals surface area contributed by atoms with E-state index in [9.17, 15) is 4.79 Å². The van der Waals surface area contributed by atoms with Crippen LogP contribution in [0.5, 0.6) is 5.75 Å². The number of hydrogen-bond acceptors (Lipinski definition) is 4. The molecule has 0 radical (unpaired) electrons. The van der Waals surface area contributed by atoms with Crippen LogP contribution in [0.3, 0.4) is 0 Å². The molecule has 0 spiro atoms. The predicted octanol–water partition coefficient (Wildman–Crippen LogP) is 3.16. The van der Waals surface area contributed by atoms with Crippen molar-refractivity contribution in [2.24, 2.45) is 5.10 Å². The van der Waals surface area contributed by atoms with Crippen molar-refractivity contribution in [3.05, 3.63) is 71.4 Å². The molecule has 0 fully saturated rings. The van der Waals surface area contributed by atoms with E-state index in [4.69, 9.17) is 4.74 Å². The second-order valence-electron chi connectivity index (χ2n) is 5.47. The van der Waals surface area contributed by atoms with Crippen LogP contribution in [0, 0.1) is 6.92 Å². The molecule has 0 aliphatic rings. The van der Waals surface area contributed by atoms with E-state index in [2.05, 4.69) is 20.7 Å². The Bertz CT molecular complexity index is 898. The number of hydrogen-bond donors (Lipinski definition) is 2. The van der Waals surface area contributed by atoms with Crippen molar-refractivity contribution < 1.29 is 9.53 Å². The molecule has 0 bridgehead atoms. The Hall–Kier alpha value is -3.41. The molecule has 1 heterocycles. The number of ether oxygens (including phenoxy) is 1. The van der Waals surface area contributed by atoms with Crippen molar-refractivity contribution in [2.75, 3.05) is 7.11 Å². The van der Waals surface area contributed by atoms with Gasteiger partial charge < -0.3 is 4.74 Å². The lowest BCUT2D eigenvalue weighted by Crippen LogP contribution is -2.18. The Balaban J connectivity index is 1.68. The van der Waals surface area contributed by atoms with Gasteiger partial charge in [0.05, 0.1) is 19.0 Å². The second kappa shape index (κ2) is 7.44. The summed E-state index contributed by atoms with van der Waals surface area (Å²) in [7, 11) is 1.59. The monoisotopic (exact) mass is 334 g/mol. The molecule has 6 nitrogen and oxygen atoms in total. The van der Waals surface area contributed by atoms with Crippen LogP contribution in [0.15, 0.2) is 59.7 Å². The lowest BCUT2D eigenvalue weighted by Gasteiger charge is -2.02. The van der Waals surface area contributed by atoms with E-state index in [0.29, 0.717) is 17.1 Å². The van der Waals surface area contributed by atoms with Crippen LogP contribution in [-0.4, -0.2) is 29.4 Å². The van der Waals surface area contributed by atoms with Crippen LogP contribution in [-0.2, 0) is 0 Å². The van der Waals surface area contributed by atoms with Crippen LogP contribution in [0.2, 0.25) is 0 Å². The molecule has 1 amide bonds. The minimum Gasteiger partial charge on any atom is -0.496 e. The molecule has 2 N–H and O–H groups in total. The molecule has 3 aromatic rings. The summed E-state index contributed by atoms with van der Waals surface area (Å²) in [5.41, 5.74) is 6.41. The van der Waals surface area contributed by atoms with Crippen molar-refractivity contribution in [3.63, 3.8) is 0 Å². The first-order chi connectivity index (χ1) is 12.2. The van der Waals surface area contributed by atoms with E-state index < -0.39 is 0 Å². The zero-order valence-corrected chi connectivity index (χ0v) is 14.0. The number of methoxy groups -OCH3 is 1. The number of rotatable bonds is 5. The highest BCUT2D eigenvalue weighted by atomic mass is 16.5. The fourth-order valence-corrected chi connectivity index (χ4v) is 2.30. The SMILES string of the molecule is COc1ccccc1/C=N/NC(=O)c1cc(-c2ccc(C)cc2)n[nH]1. The molecule has 0 aliphatic heterocycles. The number of aryl methyl sites for hydroxylation is 1. The Morgan fingerprint density at radius 2 is 1.96 bits per heavy atom. The molecule has 126 valence electrons. The fourth-order valence-electron chi connectivity index (χ4n) is 2.30. The molecular weight excluding hydrogens is 316 g/mol. The topological polar surface area (TPSA) is 79.4 Å². The minimum absolute atomic E-state index is 0.341. The van der Waals surface area contributed by atoms with E-state index in [1.54, 1.807) is 13.2 Å². The van der Waals surface area contributed by atoms with Gasteiger partial charge in [-0.05, 0) is 25.1 Å². The number of H-pyrrole nitrogens is 1. The molecule has 3 rings (SSSR count). The maximum atomic E-state index is 12.2. The summed E-state index contributed by atoms with van der Waals surface area (Å²) in [6, 6.07) is 17.0. The average Bonchev–Trinajstić information content (AvgIpc) is 3.13. The van der Waals surface area contributed by atoms with Crippen molar-refractivity contribution >= 4 is 12.1 Å². The Morgan fingerprint density at radius 1 is 1.20 bits per heavy atom. The molecule has 25 heavy (non-hydrogen) atoms. The van der Waals surface area contributed by atoms with E-state index in [1.165, 1.54) is 11.8 Å². The smallest absolute Gasteiger partial charge is 0.289 e. The number of nitrogens with zero attached hydrogens (tertiary/aromatic N) is 2. The van der Waals surface area contributed by atoms with Gasteiger partial charge in [-0.25, -0.2) is 5.43 Å². The summed E-state index contributed by atoms with van der Waals surface area (Å²) in [6.45, 7) is 2.02. The standard InChI is InChI=1S/C19H18N4O2/c1-13-7-9-14(10-8-13)16-11-17(22-21-16)19(24)23-20-12-15-5-3-4-6-18(15)25-2/h3-12H,1-2H3,(H,21,22)(H,23,24)/b20-12+. The zero-order chi connectivity index (χ0) is 17.6. The van der Waals surface area contributed by atoms with Crippen LogP contribution < -0.4 is 10.2 Å². The first-order valence-corrected chi connectivity index (χ1v) is 7.76. The summed E-state index contributed by atoms with van der Waals surface area (Å²) in [5.74, 6) is 0.320. The third kappa shape index (κ3) is 3.92. The maximum Gasteiger partial charge on any atom is 0.289 e. The molecule has 0 aliphatic carbocycles. The number of aromatic nitrogens is 2. The van der Waals surface area contributed by atoms with Gasteiger partial charge in [-0.2, -0.15) is 10.2 Å². The highest BCUT2D eigenvalue weighted by Crippen LogP contribution is 2.18. The first-order valence-electron chi connectivity index (χ1n) is 7.76. The summed E-state index contributed by atoms with van der Waals surface area (Å²) in [6.07, 6.45) is 1.54. The van der Waals surface area contributed by atoms with Gasteiger partial charge >= 0.3 is 0 Å². The second-order valence-corrected chi connectivity index (χ2v) is 5.47. The number of amides is 1. The maximum absolute atomic E-state index is 12.2. The van der Waals surface area contributed by atoms with E-state index in [-0.39, 0.29) is 5.91 Å². The van der Waals surface area contributed by atoms with Crippen LogP contribution in [0.1, 0.15) is 21.6 Å². The molecule has 1 aromatic heterocycles. The lowest BCUT2D eigenvalue weighted by atomic mass is 10.1. The fraction of sp³-hybridized carbons (Fsp3) is 0.105. The number of carbonyl (C=O) groups excluding carboxylic acids is 1. The summed E-state index contributed by atoms with van der Waals surface area (Å²) >= 11 is 0. The van der Waals surface area contributed by atoms with Crippen LogP contribution in [0.25, 0.3) is 11.3 Å². The van der Waals surface area contributed by atoms with E-state index in [1.807, 2.05) is 55.5 Å². The van der Waals surface area contributed by atoms with Gasteiger partial charge in [0.25, 0.3) is 5.91 Å². The number of para-hydroxylation sites is 1. The molecule has 0 unspecified atom stereocenters. The highest BCUT2D eigenvalue weighted by Gasteiger charge is 2.10. The molecule has 0 saturated heterocycles. The largest absolute Gasteiger partial charge is 0.496 e. The molecule has 0 saturated carbocycles. The first kappa shape index (κ1) is 16.4. The van der Waals surface area contributed by atoms with Gasteiger partial charge in [-0.1, -0.05) is 42.0 Å². The number of carbonyl (C=O) groups is 1. The predicted molar refractivity (Wildman–Crippen MR) is 96.8 cm³/mol. The van der Waals surface area contributed by atoms with Gasteiger partial charge in [0, 0.05) is 11.1 Å². The molecule has 0 atom stereocenters. The Labute approximate surface area is 145 Å². The van der Waals surface area contributed by atoms with Crippen LogP contribution in [0.4, 0.5) is 0 Å². The minimum atomic E-state index is -0.364. The van der Waals surface area contributed by atoms with Crippen molar-refractivity contribution in [1.29, 1.82) is 0 Å². The Kier molecular flexibility index (Phi) is 4.89. The quantitative estimate of drug-likeness (QED) is 0.556. The Morgan fingerprint density at radius 3 is 2.72 bits per heavy atom. The third-order valence-electron chi connectivity index (χ3n) is 3.68. The molecule has 6 heteroatoms. The van der Waals surface area contributed by atoms with Gasteiger partial charge in [-0.3, -0.25) is 9.89 Å². The normalized spacial score (nSPS) is 10.8. The summed E-state index contributed by atoms with van der Waals surface area (Å²) in [4.78, 5) is 12.2. The van der Waals surface area contributed by atoms with E-state index >= 15 is 0 Å². The van der Waals surface area contributed by atoms with Gasteiger partial charge in [-0.15, -0.1) is 0 Å². The van der Waals surface area contributed by atoms with Crippen molar-refractivity contribution in [1.82, 2.24) is 15.6 Å². The molecular formula is C19H18N4O2. The summed E-state index contributed by atoms with van der Waals surface area (Å²) in [5, 5.41) is 10.9. The van der Waals surface area contributed by atoms with Gasteiger partial charge in [0.1, 0.15) is 11.4 Å². The number of hydrazone groups is 1. The van der Waals surface area contributed by atoms with Crippen LogP contribution >= 0.6 is 0 Å². The molecule has 2 aromatic carbocycles. The lowest BCUT2D eigenvalue weighted by molar-refractivity contribution is 0.0950. The third-order valence-corrected chi connectivity index (χ3v) is 3.68. The van der Waals surface area contributed by atoms with Crippen molar-refractivity contribution in [3.8, 4) is 17.0 Å². The number of benzene rings is 2. The average molecular weight is 334 g/mol. The number of aromatic amines is 1. The summed E-state index contributed by atoms with van der Waals surface area (Å²) < 4.78 is 5.23. The highest BCUT2D eigenvalue weighted by molar-refractivity contribution is 5.94. The van der Waals surface area contributed by atoms with Crippen molar-refractivity contribution in [2.45, 2.75) is 6.92 Å². The zero-order valence-electron chi connectivity index (χ0n) is 14.0. The number of nitrogens with one attached hydrogen (secondary N) is 2.